The van der Waals surface area contributed by atoms with Gasteiger partial charge in [-0.2, -0.15) is 0 Å². The Bertz CT molecular complexity index is 974. The van der Waals surface area contributed by atoms with Gasteiger partial charge in [-0.3, -0.25) is 10.1 Å². The van der Waals surface area contributed by atoms with Crippen LogP contribution in [0.4, 0.5) is 5.13 Å². The maximum Gasteiger partial charge on any atom is 0.264 e. The lowest BCUT2D eigenvalue weighted by Gasteiger charge is -2.07. The lowest BCUT2D eigenvalue weighted by Crippen LogP contribution is -2.20. The second-order valence-corrected chi connectivity index (χ2v) is 7.84. The number of aryl methyl sites for hydroxylation is 1. The van der Waals surface area contributed by atoms with Gasteiger partial charge in [0.25, 0.3) is 5.91 Å². The average molecular weight is 437 g/mol. The summed E-state index contributed by atoms with van der Waals surface area (Å²) >= 11 is 13.3. The highest BCUT2D eigenvalue weighted by molar-refractivity contribution is 7.16. The minimum absolute atomic E-state index is 0.182. The molecule has 0 spiro atoms. The molecule has 0 aliphatic rings. The van der Waals surface area contributed by atoms with E-state index in [1.807, 2.05) is 38.1 Å². The zero-order valence-electron chi connectivity index (χ0n) is 15.3. The van der Waals surface area contributed by atoms with Gasteiger partial charge in [-0.05, 0) is 56.3 Å². The summed E-state index contributed by atoms with van der Waals surface area (Å²) in [4.78, 5) is 17.7. The minimum Gasteiger partial charge on any atom is -0.494 e. The summed E-state index contributed by atoms with van der Waals surface area (Å²) in [6.45, 7) is 4.34. The molecule has 5 nitrogen and oxygen atoms in total. The first-order valence-electron chi connectivity index (χ1n) is 8.54. The summed E-state index contributed by atoms with van der Waals surface area (Å²) in [7, 11) is 0. The molecule has 2 aromatic carbocycles. The summed E-state index contributed by atoms with van der Waals surface area (Å²) < 4.78 is 10.9. The smallest absolute Gasteiger partial charge is 0.264 e. The number of nitrogens with zero attached hydrogens (tertiary/aromatic N) is 1. The molecule has 1 amide bonds. The molecular weight excluding hydrogens is 419 g/mol. The Balaban J connectivity index is 1.63. The highest BCUT2D eigenvalue weighted by atomic mass is 35.5. The first kappa shape index (κ1) is 20.5. The first-order valence-corrected chi connectivity index (χ1v) is 10.1. The monoisotopic (exact) mass is 436 g/mol. The van der Waals surface area contributed by atoms with Crippen molar-refractivity contribution in [3.05, 3.63) is 57.4 Å². The van der Waals surface area contributed by atoms with Crippen molar-refractivity contribution in [3.63, 3.8) is 0 Å². The number of nitrogens with one attached hydrogen (secondary N) is 1. The maximum atomic E-state index is 12.2. The third-order valence-corrected chi connectivity index (χ3v) is 5.15. The molecule has 3 rings (SSSR count). The normalized spacial score (nSPS) is 10.6. The Morgan fingerprint density at radius 3 is 2.57 bits per heavy atom. The third-order valence-electron chi connectivity index (χ3n) is 3.73. The van der Waals surface area contributed by atoms with Gasteiger partial charge in [-0.25, -0.2) is 4.98 Å². The van der Waals surface area contributed by atoms with Crippen molar-refractivity contribution in [2.24, 2.45) is 0 Å². The number of rotatable bonds is 7. The molecule has 0 radical (unpaired) electrons. The highest BCUT2D eigenvalue weighted by Gasteiger charge is 2.13. The Kier molecular flexibility index (Phi) is 6.78. The number of benzene rings is 2. The van der Waals surface area contributed by atoms with Crippen LogP contribution in [0.2, 0.25) is 10.0 Å². The number of amides is 1. The molecule has 0 aliphatic carbocycles. The molecule has 28 heavy (non-hydrogen) atoms. The van der Waals surface area contributed by atoms with Crippen molar-refractivity contribution in [2.45, 2.75) is 13.8 Å². The van der Waals surface area contributed by atoms with Gasteiger partial charge in [-0.15, -0.1) is 11.3 Å². The number of aromatic nitrogens is 1. The van der Waals surface area contributed by atoms with E-state index in [1.165, 1.54) is 11.3 Å². The maximum absolute atomic E-state index is 12.2. The lowest BCUT2D eigenvalue weighted by molar-refractivity contribution is -0.118. The molecule has 0 aliphatic heterocycles. The molecule has 146 valence electrons. The predicted octanol–water partition coefficient (Wildman–Crippen LogP) is 5.84. The van der Waals surface area contributed by atoms with Crippen molar-refractivity contribution in [3.8, 4) is 22.8 Å². The van der Waals surface area contributed by atoms with E-state index in [-0.39, 0.29) is 12.5 Å². The highest BCUT2D eigenvalue weighted by Crippen LogP contribution is 2.31. The second-order valence-electron chi connectivity index (χ2n) is 5.79. The number of carbonyl (C=O) groups is 1. The fraction of sp³-hybridized carbons (Fsp3) is 0.200. The van der Waals surface area contributed by atoms with E-state index in [0.29, 0.717) is 27.5 Å². The number of hydrogen-bond acceptors (Lipinski definition) is 5. The molecule has 1 aromatic heterocycles. The molecule has 0 saturated carbocycles. The standard InChI is InChI=1S/C20H18Cl2N2O3S/c1-3-26-15-7-4-13(5-8-15)19-12(2)28-20(24-19)23-18(25)11-27-17-9-6-14(21)10-16(17)22/h4-10H,3,11H2,1-2H3,(H,23,24,25). The Hall–Kier alpha value is -2.28. The Labute approximate surface area is 177 Å². The van der Waals surface area contributed by atoms with Crippen molar-refractivity contribution >= 4 is 45.6 Å². The van der Waals surface area contributed by atoms with Gasteiger partial charge < -0.3 is 9.47 Å². The third kappa shape index (κ3) is 5.16. The SMILES string of the molecule is CCOc1ccc(-c2nc(NC(=O)COc3ccc(Cl)cc3Cl)sc2C)cc1. The van der Waals surface area contributed by atoms with Crippen LogP contribution >= 0.6 is 34.5 Å². The molecule has 0 bridgehead atoms. The van der Waals surface area contributed by atoms with E-state index in [0.717, 1.165) is 21.9 Å². The first-order chi connectivity index (χ1) is 13.5. The van der Waals surface area contributed by atoms with E-state index >= 15 is 0 Å². The van der Waals surface area contributed by atoms with Crippen LogP contribution in [0.25, 0.3) is 11.3 Å². The van der Waals surface area contributed by atoms with Gasteiger partial charge >= 0.3 is 0 Å². The van der Waals surface area contributed by atoms with Crippen molar-refractivity contribution in [2.75, 3.05) is 18.5 Å². The quantitative estimate of drug-likeness (QED) is 0.504. The van der Waals surface area contributed by atoms with E-state index in [9.17, 15) is 4.79 Å². The predicted molar refractivity (Wildman–Crippen MR) is 114 cm³/mol. The van der Waals surface area contributed by atoms with Crippen LogP contribution in [-0.4, -0.2) is 24.1 Å². The molecule has 3 aromatic rings. The van der Waals surface area contributed by atoms with Gasteiger partial charge in [0, 0.05) is 15.5 Å². The second kappa shape index (κ2) is 9.28. The zero-order chi connectivity index (χ0) is 20.1. The number of thiazole rings is 1. The summed E-state index contributed by atoms with van der Waals surface area (Å²) in [5, 5.41) is 4.12. The van der Waals surface area contributed by atoms with E-state index in [1.54, 1.807) is 18.2 Å². The molecule has 0 atom stereocenters. The van der Waals surface area contributed by atoms with Crippen LogP contribution in [0, 0.1) is 6.92 Å². The van der Waals surface area contributed by atoms with Crippen LogP contribution in [0.5, 0.6) is 11.5 Å². The largest absolute Gasteiger partial charge is 0.494 e. The zero-order valence-corrected chi connectivity index (χ0v) is 17.6. The van der Waals surface area contributed by atoms with Crippen LogP contribution in [-0.2, 0) is 4.79 Å². The number of carbonyl (C=O) groups excluding carboxylic acids is 1. The van der Waals surface area contributed by atoms with Gasteiger partial charge in [0.1, 0.15) is 11.5 Å². The van der Waals surface area contributed by atoms with Crippen LogP contribution in [0.15, 0.2) is 42.5 Å². The molecule has 1 N–H and O–H groups in total. The Morgan fingerprint density at radius 2 is 1.89 bits per heavy atom. The fourth-order valence-corrected chi connectivity index (χ4v) is 3.80. The molecule has 0 unspecified atom stereocenters. The van der Waals surface area contributed by atoms with Crippen LogP contribution in [0.3, 0.4) is 0 Å². The van der Waals surface area contributed by atoms with Gasteiger partial charge in [0.15, 0.2) is 11.7 Å². The van der Waals surface area contributed by atoms with E-state index in [2.05, 4.69) is 10.3 Å². The number of anilines is 1. The topological polar surface area (TPSA) is 60.5 Å². The fourth-order valence-electron chi connectivity index (χ4n) is 2.48. The number of ether oxygens (including phenoxy) is 2. The van der Waals surface area contributed by atoms with Gasteiger partial charge in [0.05, 0.1) is 17.3 Å². The lowest BCUT2D eigenvalue weighted by atomic mass is 10.1. The average Bonchev–Trinajstić information content (AvgIpc) is 3.02. The van der Waals surface area contributed by atoms with E-state index in [4.69, 9.17) is 32.7 Å². The molecule has 8 heteroatoms. The summed E-state index contributed by atoms with van der Waals surface area (Å²) in [5.41, 5.74) is 1.78. The number of halogens is 2. The molecule has 1 heterocycles. The molecular formula is C20H18Cl2N2O3S. The Morgan fingerprint density at radius 1 is 1.14 bits per heavy atom. The summed E-state index contributed by atoms with van der Waals surface area (Å²) in [5.74, 6) is 0.885. The molecule has 0 saturated heterocycles. The van der Waals surface area contributed by atoms with E-state index < -0.39 is 0 Å². The van der Waals surface area contributed by atoms with Crippen molar-refractivity contribution < 1.29 is 14.3 Å². The van der Waals surface area contributed by atoms with Crippen LogP contribution < -0.4 is 14.8 Å². The van der Waals surface area contributed by atoms with Crippen molar-refractivity contribution in [1.29, 1.82) is 0 Å². The summed E-state index contributed by atoms with van der Waals surface area (Å²) in [6, 6.07) is 12.5. The molecule has 0 fully saturated rings. The number of hydrogen-bond donors (Lipinski definition) is 1. The van der Waals surface area contributed by atoms with Gasteiger partial charge in [-0.1, -0.05) is 23.2 Å². The van der Waals surface area contributed by atoms with Gasteiger partial charge in [0.2, 0.25) is 0 Å². The minimum atomic E-state index is -0.321. The summed E-state index contributed by atoms with van der Waals surface area (Å²) in [6.07, 6.45) is 0. The van der Waals surface area contributed by atoms with Crippen LogP contribution in [0.1, 0.15) is 11.8 Å². The van der Waals surface area contributed by atoms with Crippen molar-refractivity contribution in [1.82, 2.24) is 4.98 Å².